The van der Waals surface area contributed by atoms with Gasteiger partial charge in [-0.3, -0.25) is 0 Å². The van der Waals surface area contributed by atoms with Gasteiger partial charge in [0.15, 0.2) is 0 Å². The molecule has 0 saturated carbocycles. The molecule has 3 atom stereocenters. The zero-order valence-corrected chi connectivity index (χ0v) is 11.2. The van der Waals surface area contributed by atoms with Crippen molar-refractivity contribution in [3.63, 3.8) is 0 Å². The maximum atomic E-state index is 9.13. The molecule has 0 bridgehead atoms. The summed E-state index contributed by atoms with van der Waals surface area (Å²) in [6.45, 7) is 4.91. The van der Waals surface area contributed by atoms with Crippen LogP contribution in [0.4, 0.5) is 0 Å². The van der Waals surface area contributed by atoms with Crippen LogP contribution < -0.4 is 0 Å². The second-order valence-electron chi connectivity index (χ2n) is 3.89. The Labute approximate surface area is 97.7 Å². The maximum Gasteiger partial charge on any atom is 0.511 e. The van der Waals surface area contributed by atoms with Crippen LogP contribution in [0.1, 0.15) is 26.7 Å². The van der Waals surface area contributed by atoms with Crippen molar-refractivity contribution in [2.24, 2.45) is 0 Å². The van der Waals surface area contributed by atoms with Crippen LogP contribution in [0.25, 0.3) is 0 Å². The Hall–Kier alpha value is 0.407. The Kier molecular flexibility index (Phi) is 5.58. The molecule has 6 heteroatoms. The first kappa shape index (κ1) is 13.5. The van der Waals surface area contributed by atoms with Gasteiger partial charge in [0, 0.05) is 19.3 Å². The van der Waals surface area contributed by atoms with E-state index in [1.54, 1.807) is 6.92 Å². The lowest BCUT2D eigenvalue weighted by atomic mass is 10.3. The van der Waals surface area contributed by atoms with Crippen molar-refractivity contribution in [2.45, 2.75) is 38.9 Å². The summed E-state index contributed by atoms with van der Waals surface area (Å²) in [5.74, 6) is 0. The van der Waals surface area contributed by atoms with E-state index in [-0.39, 0.29) is 12.2 Å². The number of thiol groups is 1. The van der Waals surface area contributed by atoms with E-state index in [9.17, 15) is 0 Å². The Bertz CT molecular complexity index is 193. The van der Waals surface area contributed by atoms with Crippen molar-refractivity contribution in [1.82, 2.24) is 0 Å². The first-order valence-electron chi connectivity index (χ1n) is 5.32. The fourth-order valence-corrected chi connectivity index (χ4v) is 4.21. The lowest BCUT2D eigenvalue weighted by molar-refractivity contribution is -0.0127. The highest BCUT2D eigenvalue weighted by Gasteiger charge is 2.44. The smallest absolute Gasteiger partial charge is 0.393 e. The topological polar surface area (TPSA) is 47.9 Å². The first-order valence-corrected chi connectivity index (χ1v) is 7.89. The summed E-state index contributed by atoms with van der Waals surface area (Å²) >= 11 is 4.24. The third kappa shape index (κ3) is 4.42. The molecule has 1 heterocycles. The van der Waals surface area contributed by atoms with Gasteiger partial charge >= 0.3 is 8.80 Å². The van der Waals surface area contributed by atoms with Crippen molar-refractivity contribution in [3.8, 4) is 0 Å². The van der Waals surface area contributed by atoms with E-state index in [1.165, 1.54) is 0 Å². The fraction of sp³-hybridized carbons (Fsp3) is 1.00. The molecule has 1 rings (SSSR count). The van der Waals surface area contributed by atoms with Gasteiger partial charge in [0.2, 0.25) is 0 Å². The Morgan fingerprint density at radius 1 is 1.67 bits per heavy atom. The van der Waals surface area contributed by atoms with E-state index < -0.39 is 8.80 Å². The molecule has 90 valence electrons. The second kappa shape index (κ2) is 6.22. The van der Waals surface area contributed by atoms with E-state index in [1.807, 2.05) is 6.92 Å². The zero-order chi connectivity index (χ0) is 11.3. The molecule has 15 heavy (non-hydrogen) atoms. The molecular weight excluding hydrogens is 232 g/mol. The van der Waals surface area contributed by atoms with Gasteiger partial charge in [-0.2, -0.15) is 12.6 Å². The SMILES string of the molecule is CC(O)CCO[Si]1(CS)OCCC(C)O1. The molecule has 4 nitrogen and oxygen atoms in total. The van der Waals surface area contributed by atoms with Gasteiger partial charge in [-0.05, 0) is 26.7 Å². The summed E-state index contributed by atoms with van der Waals surface area (Å²) in [5, 5.41) is 9.62. The fourth-order valence-electron chi connectivity index (χ4n) is 1.37. The van der Waals surface area contributed by atoms with Crippen molar-refractivity contribution in [1.29, 1.82) is 0 Å². The Morgan fingerprint density at radius 2 is 2.40 bits per heavy atom. The van der Waals surface area contributed by atoms with Gasteiger partial charge in [0.1, 0.15) is 0 Å². The normalized spacial score (nSPS) is 34.0. The Balaban J connectivity index is 2.38. The van der Waals surface area contributed by atoms with Crippen LogP contribution in [0, 0.1) is 0 Å². The molecule has 1 fully saturated rings. The molecule has 0 amide bonds. The predicted octanol–water partition coefficient (Wildman–Crippen LogP) is 1.01. The first-order chi connectivity index (χ1) is 7.08. The van der Waals surface area contributed by atoms with Crippen molar-refractivity contribution < 1.29 is 18.4 Å². The molecule has 1 aliphatic rings. The molecular formula is C9H20O4SSi. The van der Waals surface area contributed by atoms with E-state index >= 15 is 0 Å². The third-order valence-corrected chi connectivity index (χ3v) is 5.88. The van der Waals surface area contributed by atoms with E-state index in [2.05, 4.69) is 12.6 Å². The molecule has 0 spiro atoms. The quantitative estimate of drug-likeness (QED) is 0.566. The van der Waals surface area contributed by atoms with Gasteiger partial charge < -0.3 is 18.4 Å². The Morgan fingerprint density at radius 3 is 2.93 bits per heavy atom. The van der Waals surface area contributed by atoms with Gasteiger partial charge in [-0.15, -0.1) is 0 Å². The molecule has 0 aromatic carbocycles. The van der Waals surface area contributed by atoms with Gasteiger partial charge in [-0.25, -0.2) is 0 Å². The average Bonchev–Trinajstić information content (AvgIpc) is 2.17. The molecule has 0 aromatic rings. The average molecular weight is 252 g/mol. The minimum atomic E-state index is -2.53. The molecule has 3 unspecified atom stereocenters. The van der Waals surface area contributed by atoms with Crippen LogP contribution in [0.5, 0.6) is 0 Å². The summed E-state index contributed by atoms with van der Waals surface area (Å²) in [7, 11) is -2.53. The molecule has 0 radical (unpaired) electrons. The lowest BCUT2D eigenvalue weighted by Crippen LogP contribution is -2.54. The van der Waals surface area contributed by atoms with E-state index in [4.69, 9.17) is 18.4 Å². The summed E-state index contributed by atoms with van der Waals surface area (Å²) in [6.07, 6.45) is 1.34. The third-order valence-electron chi connectivity index (χ3n) is 2.28. The van der Waals surface area contributed by atoms with Crippen molar-refractivity contribution >= 4 is 21.4 Å². The zero-order valence-electron chi connectivity index (χ0n) is 9.31. The second-order valence-corrected chi connectivity index (χ2v) is 7.34. The maximum absolute atomic E-state index is 9.13. The summed E-state index contributed by atoms with van der Waals surface area (Å²) in [6, 6.07) is 0. The summed E-state index contributed by atoms with van der Waals surface area (Å²) in [4.78, 5) is 0. The summed E-state index contributed by atoms with van der Waals surface area (Å²) in [5.41, 5.74) is 0. The van der Waals surface area contributed by atoms with Gasteiger partial charge in [0.05, 0.1) is 11.5 Å². The van der Waals surface area contributed by atoms with Crippen molar-refractivity contribution in [2.75, 3.05) is 18.6 Å². The number of hydrogen-bond donors (Lipinski definition) is 2. The highest BCUT2D eigenvalue weighted by atomic mass is 32.1. The lowest BCUT2D eigenvalue weighted by Gasteiger charge is -2.35. The molecule has 1 aliphatic heterocycles. The highest BCUT2D eigenvalue weighted by molar-refractivity contribution is 7.82. The minimum absolute atomic E-state index is 0.184. The van der Waals surface area contributed by atoms with Gasteiger partial charge in [0.25, 0.3) is 0 Å². The van der Waals surface area contributed by atoms with E-state index in [0.717, 1.165) is 6.42 Å². The monoisotopic (exact) mass is 252 g/mol. The standard InChI is InChI=1S/C9H20O4SSi/c1-8(10)3-5-11-15(7-14)12-6-4-9(2)13-15/h8-10,14H,3-7H2,1-2H3. The predicted molar refractivity (Wildman–Crippen MR) is 63.0 cm³/mol. The van der Waals surface area contributed by atoms with Crippen LogP contribution in [0.2, 0.25) is 0 Å². The number of aliphatic hydroxyl groups excluding tert-OH is 1. The van der Waals surface area contributed by atoms with Crippen LogP contribution in [-0.2, 0) is 13.3 Å². The minimum Gasteiger partial charge on any atom is -0.393 e. The van der Waals surface area contributed by atoms with Crippen LogP contribution in [-0.4, -0.2) is 44.7 Å². The largest absolute Gasteiger partial charge is 0.511 e. The molecule has 0 aromatic heterocycles. The molecule has 1 saturated heterocycles. The van der Waals surface area contributed by atoms with Crippen molar-refractivity contribution in [3.05, 3.63) is 0 Å². The van der Waals surface area contributed by atoms with Crippen LogP contribution in [0.3, 0.4) is 0 Å². The summed E-state index contributed by atoms with van der Waals surface area (Å²) < 4.78 is 17.0. The van der Waals surface area contributed by atoms with Crippen LogP contribution >= 0.6 is 12.6 Å². The molecule has 0 aliphatic carbocycles. The number of aliphatic hydroxyl groups is 1. The molecule has 1 N–H and O–H groups in total. The van der Waals surface area contributed by atoms with E-state index in [0.29, 0.717) is 25.0 Å². The number of rotatable bonds is 5. The number of hydrogen-bond acceptors (Lipinski definition) is 5. The van der Waals surface area contributed by atoms with Gasteiger partial charge in [-0.1, -0.05) is 0 Å². The highest BCUT2D eigenvalue weighted by Crippen LogP contribution is 2.21. The van der Waals surface area contributed by atoms with Crippen LogP contribution in [0.15, 0.2) is 0 Å².